The van der Waals surface area contributed by atoms with Crippen molar-refractivity contribution in [2.45, 2.75) is 71.5 Å². The molecule has 1 saturated heterocycles. The van der Waals surface area contributed by atoms with Crippen LogP contribution in [-0.4, -0.2) is 37.2 Å². The van der Waals surface area contributed by atoms with Crippen molar-refractivity contribution in [3.63, 3.8) is 0 Å². The van der Waals surface area contributed by atoms with Crippen molar-refractivity contribution in [1.82, 2.24) is 5.32 Å². The Labute approximate surface area is 127 Å². The molecule has 1 aliphatic heterocycles. The maximum absolute atomic E-state index is 12.1. The Bertz CT molecular complexity index is 377. The van der Waals surface area contributed by atoms with Crippen LogP contribution in [0.2, 0.25) is 0 Å². The largest absolute Gasteiger partial charge is 0.444 e. The summed E-state index contributed by atoms with van der Waals surface area (Å²) < 4.78 is 16.7. The van der Waals surface area contributed by atoms with Gasteiger partial charge in [-0.05, 0) is 45.4 Å². The van der Waals surface area contributed by atoms with E-state index >= 15 is 0 Å². The van der Waals surface area contributed by atoms with Gasteiger partial charge in [-0.3, -0.25) is 0 Å². The van der Waals surface area contributed by atoms with E-state index in [0.717, 1.165) is 12.8 Å². The van der Waals surface area contributed by atoms with Gasteiger partial charge in [0.15, 0.2) is 6.29 Å². The maximum atomic E-state index is 12.1. The van der Waals surface area contributed by atoms with E-state index < -0.39 is 5.60 Å². The van der Waals surface area contributed by atoms with Crippen LogP contribution in [0.25, 0.3) is 0 Å². The standard InChI is InChI=1S/C16H29NO4/c1-9(2)7-12(17-15(18)21-16(3,4)5)13-10-8-11(10)14(19-6)20-13/h9-14H,7-8H2,1-6H3,(H,17,18)/t10-,11+,12+,13+,14+/m1/s1. The normalized spacial score (nSPS) is 32.7. The molecular formula is C16H29NO4. The smallest absolute Gasteiger partial charge is 0.407 e. The molecule has 2 rings (SSSR count). The molecule has 1 heterocycles. The van der Waals surface area contributed by atoms with E-state index in [9.17, 15) is 4.79 Å². The lowest BCUT2D eigenvalue weighted by atomic mass is 9.96. The minimum absolute atomic E-state index is 0.0185. The summed E-state index contributed by atoms with van der Waals surface area (Å²) in [5, 5.41) is 3.01. The Morgan fingerprint density at radius 3 is 2.48 bits per heavy atom. The highest BCUT2D eigenvalue weighted by molar-refractivity contribution is 5.68. The van der Waals surface area contributed by atoms with Gasteiger partial charge in [0.25, 0.3) is 0 Å². The number of carbonyl (C=O) groups is 1. The van der Waals surface area contributed by atoms with E-state index in [0.29, 0.717) is 17.8 Å². The van der Waals surface area contributed by atoms with Crippen molar-refractivity contribution < 1.29 is 19.0 Å². The number of alkyl carbamates (subject to hydrolysis) is 1. The lowest BCUT2D eigenvalue weighted by molar-refractivity contribution is -0.144. The topological polar surface area (TPSA) is 56.8 Å². The first-order chi connectivity index (χ1) is 9.71. The molecule has 1 saturated carbocycles. The second kappa shape index (κ2) is 6.13. The molecule has 21 heavy (non-hydrogen) atoms. The molecule has 2 fully saturated rings. The molecule has 5 heteroatoms. The average molecular weight is 299 g/mol. The first-order valence-electron chi connectivity index (χ1n) is 7.89. The highest BCUT2D eigenvalue weighted by Gasteiger charge is 2.58. The molecular weight excluding hydrogens is 270 g/mol. The molecule has 0 aromatic heterocycles. The Kier molecular flexibility index (Phi) is 4.83. The number of hydrogen-bond acceptors (Lipinski definition) is 4. The highest BCUT2D eigenvalue weighted by atomic mass is 16.7. The molecule has 0 aromatic rings. The van der Waals surface area contributed by atoms with Gasteiger partial charge in [0.05, 0.1) is 12.1 Å². The maximum Gasteiger partial charge on any atom is 0.407 e. The van der Waals surface area contributed by atoms with Gasteiger partial charge in [0, 0.05) is 13.0 Å². The van der Waals surface area contributed by atoms with Gasteiger partial charge >= 0.3 is 6.09 Å². The summed E-state index contributed by atoms with van der Waals surface area (Å²) >= 11 is 0. The fourth-order valence-corrected chi connectivity index (χ4v) is 3.15. The van der Waals surface area contributed by atoms with Crippen molar-refractivity contribution in [3.8, 4) is 0 Å². The molecule has 0 unspecified atom stereocenters. The second-order valence-corrected chi connectivity index (χ2v) is 7.65. The Balaban J connectivity index is 1.97. The fourth-order valence-electron chi connectivity index (χ4n) is 3.15. The van der Waals surface area contributed by atoms with Crippen LogP contribution >= 0.6 is 0 Å². The molecule has 0 radical (unpaired) electrons. The third kappa shape index (κ3) is 4.33. The van der Waals surface area contributed by atoms with Crippen molar-refractivity contribution in [1.29, 1.82) is 0 Å². The molecule has 5 nitrogen and oxygen atoms in total. The van der Waals surface area contributed by atoms with Crippen LogP contribution in [0.3, 0.4) is 0 Å². The summed E-state index contributed by atoms with van der Waals surface area (Å²) in [6.45, 7) is 9.91. The third-order valence-corrected chi connectivity index (χ3v) is 4.01. The molecule has 1 N–H and O–H groups in total. The Hall–Kier alpha value is -0.810. The van der Waals surface area contributed by atoms with E-state index in [1.165, 1.54) is 0 Å². The first-order valence-corrected chi connectivity index (χ1v) is 7.89. The number of nitrogens with one attached hydrogen (secondary N) is 1. The van der Waals surface area contributed by atoms with Crippen molar-refractivity contribution >= 4 is 6.09 Å². The number of rotatable bonds is 5. The zero-order valence-corrected chi connectivity index (χ0v) is 14.0. The number of amides is 1. The SMILES string of the molecule is CO[C@H]1O[C@H]([C@H](CC(C)C)NC(=O)OC(C)(C)C)[C@@H]2C[C@H]12. The summed E-state index contributed by atoms with van der Waals surface area (Å²) in [7, 11) is 1.68. The molecule has 0 bridgehead atoms. The molecule has 1 amide bonds. The van der Waals surface area contributed by atoms with Crippen LogP contribution in [-0.2, 0) is 14.2 Å². The molecule has 122 valence electrons. The quantitative estimate of drug-likeness (QED) is 0.848. The lowest BCUT2D eigenvalue weighted by Gasteiger charge is -2.29. The van der Waals surface area contributed by atoms with Gasteiger partial charge in [0.2, 0.25) is 0 Å². The van der Waals surface area contributed by atoms with E-state index in [-0.39, 0.29) is 24.5 Å². The molecule has 0 aromatic carbocycles. The number of fused-ring (bicyclic) bond motifs is 1. The van der Waals surface area contributed by atoms with Crippen LogP contribution in [0.15, 0.2) is 0 Å². The molecule has 2 aliphatic rings. The Morgan fingerprint density at radius 1 is 1.33 bits per heavy atom. The van der Waals surface area contributed by atoms with Crippen LogP contribution in [0.5, 0.6) is 0 Å². The van der Waals surface area contributed by atoms with E-state index in [1.807, 2.05) is 20.8 Å². The van der Waals surface area contributed by atoms with Gasteiger partial charge in [-0.1, -0.05) is 13.8 Å². The fraction of sp³-hybridized carbons (Fsp3) is 0.938. The molecule has 1 aliphatic carbocycles. The van der Waals surface area contributed by atoms with Crippen LogP contribution in [0.4, 0.5) is 4.79 Å². The predicted octanol–water partition coefficient (Wildman–Crippen LogP) is 2.93. The summed E-state index contributed by atoms with van der Waals surface area (Å²) in [4.78, 5) is 12.1. The van der Waals surface area contributed by atoms with Gasteiger partial charge < -0.3 is 19.5 Å². The Morgan fingerprint density at radius 2 is 2.00 bits per heavy atom. The minimum atomic E-state index is -0.486. The summed E-state index contributed by atoms with van der Waals surface area (Å²) in [5.74, 6) is 1.48. The molecule has 5 atom stereocenters. The molecule has 0 spiro atoms. The third-order valence-electron chi connectivity index (χ3n) is 4.01. The van der Waals surface area contributed by atoms with Gasteiger partial charge in [-0.15, -0.1) is 0 Å². The zero-order valence-electron chi connectivity index (χ0n) is 14.0. The zero-order chi connectivity index (χ0) is 15.8. The van der Waals surface area contributed by atoms with Crippen LogP contribution in [0.1, 0.15) is 47.5 Å². The van der Waals surface area contributed by atoms with Crippen molar-refractivity contribution in [3.05, 3.63) is 0 Å². The van der Waals surface area contributed by atoms with Crippen molar-refractivity contribution in [2.24, 2.45) is 17.8 Å². The van der Waals surface area contributed by atoms with Crippen LogP contribution in [0, 0.1) is 17.8 Å². The monoisotopic (exact) mass is 299 g/mol. The second-order valence-electron chi connectivity index (χ2n) is 7.65. The van der Waals surface area contributed by atoms with E-state index in [1.54, 1.807) is 7.11 Å². The summed E-state index contributed by atoms with van der Waals surface area (Å²) in [6.07, 6.45) is 1.57. The highest BCUT2D eigenvalue weighted by Crippen LogP contribution is 2.53. The summed E-state index contributed by atoms with van der Waals surface area (Å²) in [5.41, 5.74) is -0.486. The van der Waals surface area contributed by atoms with Gasteiger partial charge in [-0.2, -0.15) is 0 Å². The van der Waals surface area contributed by atoms with Gasteiger partial charge in [-0.25, -0.2) is 4.79 Å². The lowest BCUT2D eigenvalue weighted by Crippen LogP contribution is -2.47. The van der Waals surface area contributed by atoms with E-state index in [2.05, 4.69) is 19.2 Å². The van der Waals surface area contributed by atoms with Crippen molar-refractivity contribution in [2.75, 3.05) is 7.11 Å². The number of methoxy groups -OCH3 is 1. The number of ether oxygens (including phenoxy) is 3. The number of hydrogen-bond donors (Lipinski definition) is 1. The van der Waals surface area contributed by atoms with Crippen LogP contribution < -0.4 is 5.32 Å². The predicted molar refractivity (Wildman–Crippen MR) is 79.9 cm³/mol. The van der Waals surface area contributed by atoms with E-state index in [4.69, 9.17) is 14.2 Å². The first kappa shape index (κ1) is 16.6. The minimum Gasteiger partial charge on any atom is -0.444 e. The number of carbonyl (C=O) groups excluding carboxylic acids is 1. The van der Waals surface area contributed by atoms with Gasteiger partial charge in [0.1, 0.15) is 5.60 Å². The average Bonchev–Trinajstić information content (AvgIpc) is 3.00. The summed E-state index contributed by atoms with van der Waals surface area (Å²) in [6, 6.07) is -0.0185.